The number of halogens is 1. The molecule has 0 saturated carbocycles. The molecule has 0 spiro atoms. The van der Waals surface area contributed by atoms with Gasteiger partial charge in [-0.1, -0.05) is 18.2 Å². The number of hydrogen-bond donors (Lipinski definition) is 1. The number of aromatic nitrogens is 2. The summed E-state index contributed by atoms with van der Waals surface area (Å²) in [6.45, 7) is 4.10. The van der Waals surface area contributed by atoms with Gasteiger partial charge in [0.15, 0.2) is 0 Å². The van der Waals surface area contributed by atoms with Crippen LogP contribution in [0.15, 0.2) is 36.4 Å². The molecule has 2 aromatic carbocycles. The van der Waals surface area contributed by atoms with Crippen LogP contribution in [0.5, 0.6) is 0 Å². The Morgan fingerprint density at radius 2 is 1.78 bits per heavy atom. The summed E-state index contributed by atoms with van der Waals surface area (Å²) in [6, 6.07) is 10.7. The Balaban J connectivity index is 2.26. The van der Waals surface area contributed by atoms with Crippen LogP contribution in [0.2, 0.25) is 0 Å². The highest BCUT2D eigenvalue weighted by Gasteiger charge is 2.10. The van der Waals surface area contributed by atoms with Gasteiger partial charge in [-0.05, 0) is 43.2 Å². The van der Waals surface area contributed by atoms with Gasteiger partial charge in [0.05, 0.1) is 11.0 Å². The smallest absolute Gasteiger partial charge is 0.139 e. The normalized spacial score (nSPS) is 11.1. The summed E-state index contributed by atoms with van der Waals surface area (Å²) in [6.07, 6.45) is 0. The number of aryl methyl sites for hydroxylation is 2. The average Bonchev–Trinajstić information content (AvgIpc) is 2.71. The Hall–Kier alpha value is -2.16. The monoisotopic (exact) mass is 240 g/mol. The summed E-state index contributed by atoms with van der Waals surface area (Å²) < 4.78 is 13.2. The molecule has 3 heteroatoms. The van der Waals surface area contributed by atoms with Crippen molar-refractivity contribution in [1.29, 1.82) is 0 Å². The molecule has 2 nitrogen and oxygen atoms in total. The van der Waals surface area contributed by atoms with Gasteiger partial charge in [0.1, 0.15) is 11.6 Å². The number of benzene rings is 2. The van der Waals surface area contributed by atoms with Crippen LogP contribution in [0.3, 0.4) is 0 Å². The number of aromatic amines is 1. The van der Waals surface area contributed by atoms with Crippen LogP contribution in [0.1, 0.15) is 11.1 Å². The van der Waals surface area contributed by atoms with E-state index in [0.717, 1.165) is 33.5 Å². The van der Waals surface area contributed by atoms with Crippen LogP contribution in [-0.2, 0) is 0 Å². The Labute approximate surface area is 104 Å². The zero-order valence-corrected chi connectivity index (χ0v) is 10.3. The second-order valence-electron chi connectivity index (χ2n) is 4.51. The van der Waals surface area contributed by atoms with E-state index >= 15 is 0 Å². The van der Waals surface area contributed by atoms with Gasteiger partial charge in [-0.25, -0.2) is 9.37 Å². The number of H-pyrrole nitrogens is 1. The second kappa shape index (κ2) is 3.95. The minimum Gasteiger partial charge on any atom is -0.338 e. The molecule has 1 heterocycles. The standard InChI is InChI=1S/C15H13FN2/c1-9-4-3-5-10(2)14(9)15-17-12-7-6-11(16)8-13(12)18-15/h3-8H,1-2H3,(H,17,18). The highest BCUT2D eigenvalue weighted by Crippen LogP contribution is 2.26. The minimum atomic E-state index is -0.251. The Kier molecular flexibility index (Phi) is 2.40. The molecular weight excluding hydrogens is 227 g/mol. The first kappa shape index (κ1) is 11.0. The summed E-state index contributed by atoms with van der Waals surface area (Å²) >= 11 is 0. The summed E-state index contributed by atoms with van der Waals surface area (Å²) in [4.78, 5) is 7.71. The molecule has 1 aromatic heterocycles. The van der Waals surface area contributed by atoms with Crippen molar-refractivity contribution in [3.63, 3.8) is 0 Å². The van der Waals surface area contributed by atoms with Crippen LogP contribution in [0, 0.1) is 19.7 Å². The molecule has 3 rings (SSSR count). The Bertz CT molecular complexity index is 708. The first-order valence-corrected chi connectivity index (χ1v) is 5.87. The van der Waals surface area contributed by atoms with Gasteiger partial charge in [-0.3, -0.25) is 0 Å². The molecule has 0 fully saturated rings. The average molecular weight is 240 g/mol. The number of hydrogen-bond acceptors (Lipinski definition) is 1. The maximum atomic E-state index is 13.2. The van der Waals surface area contributed by atoms with Gasteiger partial charge in [0.2, 0.25) is 0 Å². The third kappa shape index (κ3) is 1.68. The fourth-order valence-electron chi connectivity index (χ4n) is 2.29. The lowest BCUT2D eigenvalue weighted by Crippen LogP contribution is -1.89. The molecule has 3 aromatic rings. The van der Waals surface area contributed by atoms with E-state index in [0.29, 0.717) is 0 Å². The number of imidazole rings is 1. The molecule has 0 amide bonds. The zero-order valence-electron chi connectivity index (χ0n) is 10.3. The first-order valence-electron chi connectivity index (χ1n) is 5.87. The van der Waals surface area contributed by atoms with Gasteiger partial charge >= 0.3 is 0 Å². The maximum Gasteiger partial charge on any atom is 0.139 e. The van der Waals surface area contributed by atoms with Crippen molar-refractivity contribution >= 4 is 11.0 Å². The summed E-state index contributed by atoms with van der Waals surface area (Å²) in [7, 11) is 0. The molecule has 1 N–H and O–H groups in total. The maximum absolute atomic E-state index is 13.2. The van der Waals surface area contributed by atoms with Crippen molar-refractivity contribution in [3.05, 3.63) is 53.3 Å². The highest BCUT2D eigenvalue weighted by molar-refractivity contribution is 5.80. The van der Waals surface area contributed by atoms with Crippen molar-refractivity contribution in [1.82, 2.24) is 9.97 Å². The van der Waals surface area contributed by atoms with Crippen molar-refractivity contribution in [2.75, 3.05) is 0 Å². The first-order chi connectivity index (χ1) is 8.65. The molecule has 0 bridgehead atoms. The minimum absolute atomic E-state index is 0.251. The molecule has 0 radical (unpaired) electrons. The molecule has 90 valence electrons. The summed E-state index contributed by atoms with van der Waals surface area (Å²) in [5, 5.41) is 0. The fraction of sp³-hybridized carbons (Fsp3) is 0.133. The molecule has 0 aliphatic carbocycles. The van der Waals surface area contributed by atoms with Crippen LogP contribution in [0.25, 0.3) is 22.4 Å². The van der Waals surface area contributed by atoms with Gasteiger partial charge in [0.25, 0.3) is 0 Å². The van der Waals surface area contributed by atoms with E-state index in [4.69, 9.17) is 0 Å². The SMILES string of the molecule is Cc1cccc(C)c1-c1nc2ccc(F)cc2[nH]1. The van der Waals surface area contributed by atoms with Gasteiger partial charge in [0, 0.05) is 5.56 Å². The lowest BCUT2D eigenvalue weighted by atomic mass is 10.0. The van der Waals surface area contributed by atoms with E-state index in [9.17, 15) is 4.39 Å². The van der Waals surface area contributed by atoms with Gasteiger partial charge in [-0.15, -0.1) is 0 Å². The molecular formula is C15H13FN2. The number of nitrogens with zero attached hydrogens (tertiary/aromatic N) is 1. The number of nitrogens with one attached hydrogen (secondary N) is 1. The van der Waals surface area contributed by atoms with E-state index in [-0.39, 0.29) is 5.82 Å². The van der Waals surface area contributed by atoms with E-state index in [1.54, 1.807) is 6.07 Å². The molecule has 0 unspecified atom stereocenters. The molecule has 0 atom stereocenters. The van der Waals surface area contributed by atoms with Crippen molar-refractivity contribution in [2.24, 2.45) is 0 Å². The van der Waals surface area contributed by atoms with E-state index in [1.165, 1.54) is 12.1 Å². The van der Waals surface area contributed by atoms with Crippen molar-refractivity contribution in [3.8, 4) is 11.4 Å². The molecule has 18 heavy (non-hydrogen) atoms. The van der Waals surface area contributed by atoms with Gasteiger partial charge < -0.3 is 4.98 Å². The predicted octanol–water partition coefficient (Wildman–Crippen LogP) is 3.99. The predicted molar refractivity (Wildman–Crippen MR) is 71.0 cm³/mol. The summed E-state index contributed by atoms with van der Waals surface area (Å²) in [5.41, 5.74) is 4.93. The quantitative estimate of drug-likeness (QED) is 0.684. The summed E-state index contributed by atoms with van der Waals surface area (Å²) in [5.74, 6) is 0.547. The van der Waals surface area contributed by atoms with Crippen LogP contribution >= 0.6 is 0 Å². The third-order valence-electron chi connectivity index (χ3n) is 3.16. The van der Waals surface area contributed by atoms with Crippen molar-refractivity contribution in [2.45, 2.75) is 13.8 Å². The van der Waals surface area contributed by atoms with E-state index in [1.807, 2.05) is 6.07 Å². The third-order valence-corrected chi connectivity index (χ3v) is 3.16. The van der Waals surface area contributed by atoms with Crippen molar-refractivity contribution < 1.29 is 4.39 Å². The number of fused-ring (bicyclic) bond motifs is 1. The second-order valence-corrected chi connectivity index (χ2v) is 4.51. The lowest BCUT2D eigenvalue weighted by molar-refractivity contribution is 0.629. The van der Waals surface area contributed by atoms with Crippen LogP contribution in [0.4, 0.5) is 4.39 Å². The highest BCUT2D eigenvalue weighted by atomic mass is 19.1. The molecule has 0 aliphatic heterocycles. The topological polar surface area (TPSA) is 28.7 Å². The Morgan fingerprint density at radius 3 is 2.50 bits per heavy atom. The lowest BCUT2D eigenvalue weighted by Gasteiger charge is -2.05. The Morgan fingerprint density at radius 1 is 1.06 bits per heavy atom. The zero-order chi connectivity index (χ0) is 12.7. The largest absolute Gasteiger partial charge is 0.338 e. The van der Waals surface area contributed by atoms with E-state index < -0.39 is 0 Å². The van der Waals surface area contributed by atoms with E-state index in [2.05, 4.69) is 35.9 Å². The molecule has 0 aliphatic rings. The van der Waals surface area contributed by atoms with Gasteiger partial charge in [-0.2, -0.15) is 0 Å². The molecule has 0 saturated heterocycles. The van der Waals surface area contributed by atoms with Crippen LogP contribution in [-0.4, -0.2) is 9.97 Å². The fourth-order valence-corrected chi connectivity index (χ4v) is 2.29. The number of rotatable bonds is 1. The van der Waals surface area contributed by atoms with Crippen LogP contribution < -0.4 is 0 Å².